The van der Waals surface area contributed by atoms with Crippen molar-refractivity contribution in [2.75, 3.05) is 18.6 Å². The molecule has 0 saturated carbocycles. The molecule has 1 atom stereocenters. The molecule has 3 rings (SSSR count). The van der Waals surface area contributed by atoms with Gasteiger partial charge in [0.05, 0.1) is 10.1 Å². The summed E-state index contributed by atoms with van der Waals surface area (Å²) in [7, 11) is 1.72. The van der Waals surface area contributed by atoms with Crippen molar-refractivity contribution in [3.05, 3.63) is 71.3 Å². The smallest absolute Gasteiger partial charge is 0.338 e. The third kappa shape index (κ3) is 5.55. The number of hydrogen-bond donors (Lipinski definition) is 0. The monoisotopic (exact) mass is 415 g/mol. The van der Waals surface area contributed by atoms with Gasteiger partial charge in [-0.25, -0.2) is 4.79 Å². The predicted octanol–water partition coefficient (Wildman–Crippen LogP) is 4.76. The van der Waals surface area contributed by atoms with Crippen molar-refractivity contribution >= 4 is 35.4 Å². The molecule has 1 aliphatic heterocycles. The van der Waals surface area contributed by atoms with Gasteiger partial charge in [-0.2, -0.15) is 0 Å². The Morgan fingerprint density at radius 3 is 2.36 bits per heavy atom. The summed E-state index contributed by atoms with van der Waals surface area (Å²) in [6, 6.07) is 17.3. The van der Waals surface area contributed by atoms with Crippen molar-refractivity contribution in [3.63, 3.8) is 0 Å². The zero-order chi connectivity index (χ0) is 19.9. The standard InChI is InChI=1S/C22H25NO3S2/c1-16(20(24)23(2)15-17-7-4-3-5-8-17)26-21(25)18-9-11-19(12-10-18)22-27-13-6-14-28-22/h3-5,7-12,16,22H,6,13-15H2,1-2H3/t16-/m0/s1. The molecule has 1 heterocycles. The first-order valence-electron chi connectivity index (χ1n) is 9.37. The number of benzene rings is 2. The van der Waals surface area contributed by atoms with E-state index in [0.29, 0.717) is 16.7 Å². The molecule has 28 heavy (non-hydrogen) atoms. The fourth-order valence-electron chi connectivity index (χ4n) is 2.98. The lowest BCUT2D eigenvalue weighted by Gasteiger charge is -2.22. The van der Waals surface area contributed by atoms with Crippen molar-refractivity contribution in [3.8, 4) is 0 Å². The Kier molecular flexibility index (Phi) is 7.45. The highest BCUT2D eigenvalue weighted by atomic mass is 32.2. The molecule has 4 nitrogen and oxygen atoms in total. The number of likely N-dealkylation sites (N-methyl/N-ethyl adjacent to an activating group) is 1. The minimum absolute atomic E-state index is 0.219. The fraction of sp³-hybridized carbons (Fsp3) is 0.364. The molecule has 0 aliphatic carbocycles. The van der Waals surface area contributed by atoms with E-state index in [1.165, 1.54) is 23.5 Å². The predicted molar refractivity (Wildman–Crippen MR) is 117 cm³/mol. The van der Waals surface area contributed by atoms with Gasteiger partial charge in [-0.15, -0.1) is 23.5 Å². The summed E-state index contributed by atoms with van der Waals surface area (Å²) in [5, 5.41) is 0. The number of ether oxygens (including phenoxy) is 1. The second-order valence-corrected chi connectivity index (χ2v) is 9.50. The quantitative estimate of drug-likeness (QED) is 0.637. The van der Waals surface area contributed by atoms with Crippen LogP contribution < -0.4 is 0 Å². The van der Waals surface area contributed by atoms with E-state index >= 15 is 0 Å². The van der Waals surface area contributed by atoms with E-state index in [0.717, 1.165) is 5.56 Å². The number of carbonyl (C=O) groups excluding carboxylic acids is 2. The Morgan fingerprint density at radius 2 is 1.71 bits per heavy atom. The summed E-state index contributed by atoms with van der Waals surface area (Å²) in [5.74, 6) is 1.67. The van der Waals surface area contributed by atoms with Gasteiger partial charge in [-0.05, 0) is 48.1 Å². The van der Waals surface area contributed by atoms with Gasteiger partial charge in [0.25, 0.3) is 5.91 Å². The fourth-order valence-corrected chi connectivity index (χ4v) is 5.88. The third-order valence-electron chi connectivity index (χ3n) is 4.52. The second kappa shape index (κ2) is 10.0. The molecule has 1 fully saturated rings. The Bertz CT molecular complexity index is 789. The third-order valence-corrected chi connectivity index (χ3v) is 7.53. The summed E-state index contributed by atoms with van der Waals surface area (Å²) >= 11 is 3.89. The van der Waals surface area contributed by atoms with Crippen LogP contribution in [0.25, 0.3) is 0 Å². The van der Waals surface area contributed by atoms with Gasteiger partial charge in [0.1, 0.15) is 0 Å². The summed E-state index contributed by atoms with van der Waals surface area (Å²) in [5.41, 5.74) is 2.73. The Hall–Kier alpha value is -1.92. The van der Waals surface area contributed by atoms with Crippen LogP contribution in [0.3, 0.4) is 0 Å². The van der Waals surface area contributed by atoms with E-state index in [1.807, 2.05) is 66.0 Å². The van der Waals surface area contributed by atoms with Crippen LogP contribution in [-0.4, -0.2) is 41.4 Å². The van der Waals surface area contributed by atoms with Gasteiger partial charge in [0.2, 0.25) is 0 Å². The van der Waals surface area contributed by atoms with Crippen LogP contribution in [0.1, 0.15) is 39.4 Å². The molecule has 1 amide bonds. The maximum absolute atomic E-state index is 12.5. The molecule has 0 bridgehead atoms. The van der Waals surface area contributed by atoms with Gasteiger partial charge < -0.3 is 9.64 Å². The van der Waals surface area contributed by atoms with Crippen molar-refractivity contribution in [1.82, 2.24) is 4.90 Å². The van der Waals surface area contributed by atoms with Crippen LogP contribution in [0.5, 0.6) is 0 Å². The summed E-state index contributed by atoms with van der Waals surface area (Å²) in [6.07, 6.45) is 0.422. The number of carbonyl (C=O) groups is 2. The van der Waals surface area contributed by atoms with Crippen LogP contribution >= 0.6 is 23.5 Å². The van der Waals surface area contributed by atoms with Crippen LogP contribution in [-0.2, 0) is 16.1 Å². The number of nitrogens with zero attached hydrogens (tertiary/aromatic N) is 1. The van der Waals surface area contributed by atoms with Crippen molar-refractivity contribution < 1.29 is 14.3 Å². The van der Waals surface area contributed by atoms with E-state index in [-0.39, 0.29) is 5.91 Å². The van der Waals surface area contributed by atoms with E-state index in [1.54, 1.807) is 31.0 Å². The lowest BCUT2D eigenvalue weighted by Crippen LogP contribution is -2.37. The van der Waals surface area contributed by atoms with Crippen molar-refractivity contribution in [2.45, 2.75) is 30.6 Å². The molecule has 2 aromatic carbocycles. The largest absolute Gasteiger partial charge is 0.449 e. The molecule has 1 saturated heterocycles. The van der Waals surface area contributed by atoms with E-state index in [4.69, 9.17) is 4.74 Å². The number of rotatable bonds is 6. The van der Waals surface area contributed by atoms with Crippen LogP contribution in [0.2, 0.25) is 0 Å². The molecular formula is C22H25NO3S2. The zero-order valence-electron chi connectivity index (χ0n) is 16.2. The molecule has 6 heteroatoms. The lowest BCUT2D eigenvalue weighted by atomic mass is 10.1. The maximum atomic E-state index is 12.5. The zero-order valence-corrected chi connectivity index (χ0v) is 17.8. The number of esters is 1. The topological polar surface area (TPSA) is 46.6 Å². The van der Waals surface area contributed by atoms with Gasteiger partial charge in [-0.3, -0.25) is 4.79 Å². The minimum atomic E-state index is -0.828. The summed E-state index contributed by atoms with van der Waals surface area (Å²) < 4.78 is 5.84. The number of hydrogen-bond acceptors (Lipinski definition) is 5. The first-order chi connectivity index (χ1) is 13.5. The van der Waals surface area contributed by atoms with E-state index in [2.05, 4.69) is 0 Å². The Morgan fingerprint density at radius 1 is 1.07 bits per heavy atom. The molecule has 1 aliphatic rings. The SMILES string of the molecule is C[C@H](OC(=O)c1ccc(C2SCCCS2)cc1)C(=O)N(C)Cc1ccccc1. The van der Waals surface area contributed by atoms with Crippen molar-refractivity contribution in [2.24, 2.45) is 0 Å². The first-order valence-corrected chi connectivity index (χ1v) is 11.5. The molecule has 0 spiro atoms. The highest BCUT2D eigenvalue weighted by Crippen LogP contribution is 2.43. The summed E-state index contributed by atoms with van der Waals surface area (Å²) in [4.78, 5) is 26.5. The van der Waals surface area contributed by atoms with Crippen molar-refractivity contribution in [1.29, 1.82) is 0 Å². The number of amides is 1. The minimum Gasteiger partial charge on any atom is -0.449 e. The molecule has 0 N–H and O–H groups in total. The van der Waals surface area contributed by atoms with Gasteiger partial charge in [-0.1, -0.05) is 42.5 Å². The van der Waals surface area contributed by atoms with Gasteiger partial charge in [0, 0.05) is 13.6 Å². The highest BCUT2D eigenvalue weighted by Gasteiger charge is 2.23. The first kappa shape index (κ1) is 20.8. The Balaban J connectivity index is 1.54. The summed E-state index contributed by atoms with van der Waals surface area (Å²) in [6.45, 7) is 2.10. The molecular weight excluding hydrogens is 390 g/mol. The van der Waals surface area contributed by atoms with Gasteiger partial charge >= 0.3 is 5.97 Å². The average molecular weight is 416 g/mol. The molecule has 0 aromatic heterocycles. The van der Waals surface area contributed by atoms with E-state index in [9.17, 15) is 9.59 Å². The van der Waals surface area contributed by atoms with E-state index < -0.39 is 12.1 Å². The molecule has 148 valence electrons. The average Bonchev–Trinajstić information content (AvgIpc) is 2.74. The van der Waals surface area contributed by atoms with Crippen LogP contribution in [0, 0.1) is 0 Å². The number of thioether (sulfide) groups is 2. The highest BCUT2D eigenvalue weighted by molar-refractivity contribution is 8.16. The van der Waals surface area contributed by atoms with Gasteiger partial charge in [0.15, 0.2) is 6.10 Å². The molecule has 0 radical (unpaired) electrons. The second-order valence-electron chi connectivity index (χ2n) is 6.78. The normalized spacial score (nSPS) is 15.6. The van der Waals surface area contributed by atoms with Crippen LogP contribution in [0.4, 0.5) is 0 Å². The Labute approximate surface area is 175 Å². The van der Waals surface area contributed by atoms with Crippen LogP contribution in [0.15, 0.2) is 54.6 Å². The maximum Gasteiger partial charge on any atom is 0.338 e. The molecule has 2 aromatic rings. The molecule has 0 unspecified atom stereocenters. The lowest BCUT2D eigenvalue weighted by molar-refractivity contribution is -0.139.